The molecule has 0 radical (unpaired) electrons. The molecule has 0 unspecified atom stereocenters. The summed E-state index contributed by atoms with van der Waals surface area (Å²) in [5.74, 6) is 1.45. The first kappa shape index (κ1) is 15.2. The van der Waals surface area contributed by atoms with Crippen LogP contribution in [0.25, 0.3) is 0 Å². The number of anilines is 3. The Morgan fingerprint density at radius 1 is 1.05 bits per heavy atom. The summed E-state index contributed by atoms with van der Waals surface area (Å²) in [6.45, 7) is 7.52. The van der Waals surface area contributed by atoms with Crippen molar-refractivity contribution in [2.45, 2.75) is 20.8 Å². The minimum Gasteiger partial charge on any atom is -0.354 e. The summed E-state index contributed by atoms with van der Waals surface area (Å²) < 4.78 is 0. The van der Waals surface area contributed by atoms with Crippen LogP contribution in [0.1, 0.15) is 23.6 Å². The van der Waals surface area contributed by atoms with Crippen LogP contribution in [-0.2, 0) is 0 Å². The van der Waals surface area contributed by atoms with E-state index in [0.29, 0.717) is 17.8 Å². The van der Waals surface area contributed by atoms with Gasteiger partial charge in [-0.25, -0.2) is 5.43 Å². The van der Waals surface area contributed by atoms with Crippen molar-refractivity contribution < 1.29 is 0 Å². The Bertz CT molecular complexity index is 584. The Kier molecular flexibility index (Phi) is 5.44. The second-order valence-electron chi connectivity index (χ2n) is 4.19. The monoisotopic (exact) mass is 305 g/mol. The number of thiophene rings is 1. The molecule has 0 aromatic carbocycles. The lowest BCUT2D eigenvalue weighted by Gasteiger charge is -2.07. The molecule has 21 heavy (non-hydrogen) atoms. The molecule has 2 aromatic heterocycles. The average molecular weight is 305 g/mol. The fraction of sp³-hybridized carbons (Fsp3) is 0.385. The van der Waals surface area contributed by atoms with E-state index < -0.39 is 0 Å². The number of nitrogens with zero attached hydrogens (tertiary/aromatic N) is 4. The molecule has 8 heteroatoms. The third-order valence-electron chi connectivity index (χ3n) is 2.42. The van der Waals surface area contributed by atoms with Crippen LogP contribution in [0.5, 0.6) is 0 Å². The molecule has 0 amide bonds. The molecule has 0 saturated heterocycles. The predicted octanol–water partition coefficient (Wildman–Crippen LogP) is 2.55. The molecule has 112 valence electrons. The number of aryl methyl sites for hydroxylation is 1. The van der Waals surface area contributed by atoms with Gasteiger partial charge in [0, 0.05) is 22.8 Å². The minimum absolute atomic E-state index is 0.404. The molecular formula is C13H19N7S. The molecule has 0 aliphatic heterocycles. The molecular weight excluding hydrogens is 286 g/mol. The average Bonchev–Trinajstić information content (AvgIpc) is 2.85. The Hall–Kier alpha value is -2.22. The lowest BCUT2D eigenvalue weighted by Crippen LogP contribution is -2.10. The minimum atomic E-state index is 0.404. The van der Waals surface area contributed by atoms with Crippen LogP contribution in [0.4, 0.5) is 17.8 Å². The van der Waals surface area contributed by atoms with Crippen molar-refractivity contribution >= 4 is 35.4 Å². The SMILES string of the molecule is CCNc1nc(NCC)nc(N/N=C\c2ccc(C)s2)n1. The van der Waals surface area contributed by atoms with Crippen LogP contribution >= 0.6 is 11.3 Å². The van der Waals surface area contributed by atoms with E-state index in [-0.39, 0.29) is 0 Å². The van der Waals surface area contributed by atoms with Crippen molar-refractivity contribution in [1.29, 1.82) is 0 Å². The maximum atomic E-state index is 4.25. The molecule has 0 bridgehead atoms. The number of rotatable bonds is 7. The fourth-order valence-corrected chi connectivity index (χ4v) is 2.33. The smallest absolute Gasteiger partial charge is 0.250 e. The molecule has 0 spiro atoms. The normalized spacial score (nSPS) is 10.8. The predicted molar refractivity (Wildman–Crippen MR) is 88.4 cm³/mol. The summed E-state index contributed by atoms with van der Waals surface area (Å²) in [6, 6.07) is 4.08. The maximum Gasteiger partial charge on any atom is 0.250 e. The van der Waals surface area contributed by atoms with Gasteiger partial charge in [0.1, 0.15) is 0 Å². The Morgan fingerprint density at radius 2 is 1.67 bits per heavy atom. The van der Waals surface area contributed by atoms with Gasteiger partial charge < -0.3 is 10.6 Å². The zero-order valence-electron chi connectivity index (χ0n) is 12.3. The lowest BCUT2D eigenvalue weighted by molar-refractivity contribution is 0.992. The van der Waals surface area contributed by atoms with E-state index in [9.17, 15) is 0 Å². The largest absolute Gasteiger partial charge is 0.354 e. The number of hydrogen-bond donors (Lipinski definition) is 3. The summed E-state index contributed by atoms with van der Waals surface area (Å²) in [6.07, 6.45) is 1.75. The molecule has 0 fully saturated rings. The third-order valence-corrected chi connectivity index (χ3v) is 3.36. The topological polar surface area (TPSA) is 87.1 Å². The van der Waals surface area contributed by atoms with Gasteiger partial charge in [0.2, 0.25) is 17.8 Å². The lowest BCUT2D eigenvalue weighted by atomic mass is 10.4. The highest BCUT2D eigenvalue weighted by molar-refractivity contribution is 7.13. The van der Waals surface area contributed by atoms with Crippen molar-refractivity contribution in [1.82, 2.24) is 15.0 Å². The highest BCUT2D eigenvalue weighted by atomic mass is 32.1. The Balaban J connectivity index is 2.08. The van der Waals surface area contributed by atoms with Gasteiger partial charge in [-0.15, -0.1) is 11.3 Å². The first-order valence-electron chi connectivity index (χ1n) is 6.80. The molecule has 2 rings (SSSR count). The first-order chi connectivity index (χ1) is 10.2. The highest BCUT2D eigenvalue weighted by Gasteiger charge is 2.04. The van der Waals surface area contributed by atoms with E-state index in [1.807, 2.05) is 19.9 Å². The van der Waals surface area contributed by atoms with Gasteiger partial charge in [0.05, 0.1) is 6.21 Å². The van der Waals surface area contributed by atoms with E-state index in [2.05, 4.69) is 49.1 Å². The van der Waals surface area contributed by atoms with E-state index in [4.69, 9.17) is 0 Å². The van der Waals surface area contributed by atoms with Crippen LogP contribution in [0, 0.1) is 6.92 Å². The van der Waals surface area contributed by atoms with Gasteiger partial charge in [-0.3, -0.25) is 0 Å². The van der Waals surface area contributed by atoms with Crippen molar-refractivity contribution in [3.05, 3.63) is 21.9 Å². The van der Waals surface area contributed by atoms with Crippen LogP contribution in [0.2, 0.25) is 0 Å². The molecule has 0 saturated carbocycles. The second kappa shape index (κ2) is 7.53. The van der Waals surface area contributed by atoms with Gasteiger partial charge in [0.15, 0.2) is 0 Å². The number of nitrogens with one attached hydrogen (secondary N) is 3. The second-order valence-corrected chi connectivity index (χ2v) is 5.50. The molecule has 7 nitrogen and oxygen atoms in total. The van der Waals surface area contributed by atoms with Crippen molar-refractivity contribution in [2.24, 2.45) is 5.10 Å². The summed E-state index contributed by atoms with van der Waals surface area (Å²) in [5.41, 5.74) is 2.83. The van der Waals surface area contributed by atoms with Crippen LogP contribution in [-0.4, -0.2) is 34.3 Å². The summed E-state index contributed by atoms with van der Waals surface area (Å²) in [5, 5.41) is 10.3. The maximum absolute atomic E-state index is 4.25. The van der Waals surface area contributed by atoms with Crippen molar-refractivity contribution in [2.75, 3.05) is 29.1 Å². The number of aromatic nitrogens is 3. The Morgan fingerprint density at radius 3 is 2.19 bits per heavy atom. The standard InChI is InChI=1S/C13H19N7S/c1-4-14-11-17-12(15-5-2)19-13(18-11)20-16-8-10-7-6-9(3)21-10/h6-8H,4-5H2,1-3H3,(H3,14,15,17,18,19,20)/b16-8-. The molecule has 2 aromatic rings. The van der Waals surface area contributed by atoms with Crippen molar-refractivity contribution in [3.8, 4) is 0 Å². The highest BCUT2D eigenvalue weighted by Crippen LogP contribution is 2.13. The van der Waals surface area contributed by atoms with Crippen LogP contribution < -0.4 is 16.1 Å². The quantitative estimate of drug-likeness (QED) is 0.538. The van der Waals surface area contributed by atoms with E-state index >= 15 is 0 Å². The third kappa shape index (κ3) is 4.67. The van der Waals surface area contributed by atoms with E-state index in [1.54, 1.807) is 17.6 Å². The van der Waals surface area contributed by atoms with E-state index in [0.717, 1.165) is 18.0 Å². The number of hydrogen-bond acceptors (Lipinski definition) is 8. The zero-order valence-corrected chi connectivity index (χ0v) is 13.2. The summed E-state index contributed by atoms with van der Waals surface area (Å²) in [7, 11) is 0. The first-order valence-corrected chi connectivity index (χ1v) is 7.62. The molecule has 2 heterocycles. The van der Waals surface area contributed by atoms with Crippen molar-refractivity contribution in [3.63, 3.8) is 0 Å². The van der Waals surface area contributed by atoms with Gasteiger partial charge in [-0.2, -0.15) is 20.1 Å². The van der Waals surface area contributed by atoms with Gasteiger partial charge in [-0.05, 0) is 32.9 Å². The van der Waals surface area contributed by atoms with Crippen LogP contribution in [0.3, 0.4) is 0 Å². The molecule has 0 atom stereocenters. The summed E-state index contributed by atoms with van der Waals surface area (Å²) in [4.78, 5) is 15.1. The fourth-order valence-electron chi connectivity index (χ4n) is 1.58. The van der Waals surface area contributed by atoms with Crippen LogP contribution in [0.15, 0.2) is 17.2 Å². The Labute approximate surface area is 127 Å². The molecule has 0 aliphatic rings. The van der Waals surface area contributed by atoms with Gasteiger partial charge in [0.25, 0.3) is 0 Å². The van der Waals surface area contributed by atoms with E-state index in [1.165, 1.54) is 4.88 Å². The zero-order chi connectivity index (χ0) is 15.1. The number of hydrazone groups is 1. The molecule has 3 N–H and O–H groups in total. The summed E-state index contributed by atoms with van der Waals surface area (Å²) >= 11 is 1.68. The van der Waals surface area contributed by atoms with Gasteiger partial charge >= 0.3 is 0 Å². The van der Waals surface area contributed by atoms with Gasteiger partial charge in [-0.1, -0.05) is 0 Å². The molecule has 0 aliphatic carbocycles.